The third-order valence-electron chi connectivity index (χ3n) is 3.17. The first-order chi connectivity index (χ1) is 8.46. The Morgan fingerprint density at radius 2 is 2.22 bits per heavy atom. The molecule has 0 aliphatic carbocycles. The lowest BCUT2D eigenvalue weighted by atomic mass is 10.2. The van der Waals surface area contributed by atoms with Gasteiger partial charge in [0.25, 0.3) is 10.0 Å². The van der Waals surface area contributed by atoms with Gasteiger partial charge in [-0.3, -0.25) is 0 Å². The van der Waals surface area contributed by atoms with Gasteiger partial charge in [-0.1, -0.05) is 6.92 Å². The quantitative estimate of drug-likeness (QED) is 0.802. The lowest BCUT2D eigenvalue weighted by molar-refractivity contribution is 0.341. The fourth-order valence-electron chi connectivity index (χ4n) is 1.92. The molecule has 1 aromatic rings. The van der Waals surface area contributed by atoms with Crippen molar-refractivity contribution in [2.24, 2.45) is 0 Å². The predicted molar refractivity (Wildman–Crippen MR) is 79.1 cm³/mol. The Morgan fingerprint density at radius 1 is 1.50 bits per heavy atom. The molecule has 2 rings (SSSR count). The minimum absolute atomic E-state index is 0.0373. The monoisotopic (exact) mass is 325 g/mol. The van der Waals surface area contributed by atoms with Crippen LogP contribution in [0.2, 0.25) is 0 Å². The molecular formula is C11H16ClNO2S3. The van der Waals surface area contributed by atoms with E-state index >= 15 is 0 Å². The molecule has 1 aliphatic heterocycles. The maximum absolute atomic E-state index is 12.6. The molecule has 0 radical (unpaired) electrons. The lowest BCUT2D eigenvalue weighted by Crippen LogP contribution is -2.47. The third-order valence-corrected chi connectivity index (χ3v) is 8.27. The first-order valence-corrected chi connectivity index (χ1v) is 9.64. The summed E-state index contributed by atoms with van der Waals surface area (Å²) in [7, 11) is -3.35. The van der Waals surface area contributed by atoms with Crippen LogP contribution in [-0.4, -0.2) is 36.3 Å². The van der Waals surface area contributed by atoms with Crippen molar-refractivity contribution in [1.29, 1.82) is 0 Å². The second kappa shape index (κ2) is 5.71. The molecule has 1 fully saturated rings. The number of thiophene rings is 1. The van der Waals surface area contributed by atoms with Crippen molar-refractivity contribution in [3.05, 3.63) is 17.0 Å². The van der Waals surface area contributed by atoms with Crippen molar-refractivity contribution in [2.75, 3.05) is 12.3 Å². The predicted octanol–water partition coefficient (Wildman–Crippen LogP) is 3.00. The van der Waals surface area contributed by atoms with Gasteiger partial charge in [0.1, 0.15) is 4.21 Å². The van der Waals surface area contributed by atoms with Crippen molar-refractivity contribution >= 4 is 44.7 Å². The van der Waals surface area contributed by atoms with Crippen LogP contribution in [0.25, 0.3) is 0 Å². The summed E-state index contributed by atoms with van der Waals surface area (Å²) < 4.78 is 27.1. The Morgan fingerprint density at radius 3 is 2.83 bits per heavy atom. The van der Waals surface area contributed by atoms with E-state index in [9.17, 15) is 8.42 Å². The van der Waals surface area contributed by atoms with Gasteiger partial charge >= 0.3 is 0 Å². The molecule has 0 spiro atoms. The summed E-state index contributed by atoms with van der Waals surface area (Å²) in [5.74, 6) is 1.21. The minimum atomic E-state index is -3.35. The highest BCUT2D eigenvalue weighted by Gasteiger charge is 2.35. The minimum Gasteiger partial charge on any atom is -0.206 e. The molecule has 2 atom stereocenters. The number of sulfonamides is 1. The number of hydrogen-bond acceptors (Lipinski definition) is 4. The van der Waals surface area contributed by atoms with Gasteiger partial charge in [0.15, 0.2) is 0 Å². The highest BCUT2D eigenvalue weighted by molar-refractivity contribution is 8.00. The van der Waals surface area contributed by atoms with Gasteiger partial charge in [-0.25, -0.2) is 8.42 Å². The Kier molecular flexibility index (Phi) is 4.65. The summed E-state index contributed by atoms with van der Waals surface area (Å²) in [5, 5.41) is 2.15. The van der Waals surface area contributed by atoms with Crippen LogP contribution in [0.1, 0.15) is 19.4 Å². The second-order valence-electron chi connectivity index (χ2n) is 4.34. The molecule has 0 saturated carbocycles. The van der Waals surface area contributed by atoms with Crippen molar-refractivity contribution < 1.29 is 8.42 Å². The third kappa shape index (κ3) is 2.72. The Balaban J connectivity index is 2.30. The normalized spacial score (nSPS) is 26.4. The number of halogens is 1. The number of nitrogens with zero attached hydrogens (tertiary/aromatic N) is 1. The van der Waals surface area contributed by atoms with Crippen LogP contribution in [0, 0.1) is 0 Å². The summed E-state index contributed by atoms with van der Waals surface area (Å²) in [6.07, 6.45) is 0. The largest absolute Gasteiger partial charge is 0.252 e. The summed E-state index contributed by atoms with van der Waals surface area (Å²) in [4.78, 5) is 0. The van der Waals surface area contributed by atoms with E-state index in [2.05, 4.69) is 6.92 Å². The number of hydrogen-bond donors (Lipinski definition) is 0. The zero-order valence-corrected chi connectivity index (χ0v) is 13.5. The maximum atomic E-state index is 12.6. The van der Waals surface area contributed by atoms with Crippen molar-refractivity contribution in [3.8, 4) is 0 Å². The molecule has 0 aromatic carbocycles. The number of thioether (sulfide) groups is 1. The van der Waals surface area contributed by atoms with Crippen LogP contribution in [0.4, 0.5) is 0 Å². The standard InChI is InChI=1S/C11H16ClNO2S3/c1-8-9(2)16-4-3-13(8)18(14,15)11-5-10(6-12)7-17-11/h5,7-9H,3-4,6H2,1-2H3. The molecule has 0 N–H and O–H groups in total. The molecule has 1 saturated heterocycles. The van der Waals surface area contributed by atoms with Gasteiger partial charge in [-0.15, -0.1) is 22.9 Å². The van der Waals surface area contributed by atoms with Crippen LogP contribution >= 0.6 is 34.7 Å². The Labute approximate surface area is 122 Å². The highest BCUT2D eigenvalue weighted by atomic mass is 35.5. The average molecular weight is 326 g/mol. The molecule has 1 aliphatic rings. The van der Waals surface area contributed by atoms with Gasteiger partial charge in [-0.05, 0) is 23.9 Å². The van der Waals surface area contributed by atoms with E-state index in [0.29, 0.717) is 21.9 Å². The van der Waals surface area contributed by atoms with Crippen LogP contribution in [0.5, 0.6) is 0 Å². The average Bonchev–Trinajstić information content (AvgIpc) is 2.81. The zero-order valence-electron chi connectivity index (χ0n) is 10.3. The fraction of sp³-hybridized carbons (Fsp3) is 0.636. The van der Waals surface area contributed by atoms with Crippen LogP contribution in [0.15, 0.2) is 15.7 Å². The highest BCUT2D eigenvalue weighted by Crippen LogP contribution is 2.32. The van der Waals surface area contributed by atoms with Gasteiger partial charge in [0.05, 0.1) is 0 Å². The SMILES string of the molecule is CC1SCCN(S(=O)(=O)c2cc(CCl)cs2)C1C. The summed E-state index contributed by atoms with van der Waals surface area (Å²) in [6.45, 7) is 4.65. The Hall–Kier alpha value is 0.250. The molecule has 3 nitrogen and oxygen atoms in total. The lowest BCUT2D eigenvalue weighted by Gasteiger charge is -2.35. The van der Waals surface area contributed by atoms with E-state index in [4.69, 9.17) is 11.6 Å². The van der Waals surface area contributed by atoms with Gasteiger partial charge < -0.3 is 0 Å². The maximum Gasteiger partial charge on any atom is 0.252 e. The van der Waals surface area contributed by atoms with Gasteiger partial charge in [0, 0.05) is 29.5 Å². The molecular weight excluding hydrogens is 310 g/mol. The van der Waals surface area contributed by atoms with E-state index in [1.54, 1.807) is 10.4 Å². The van der Waals surface area contributed by atoms with Crippen molar-refractivity contribution in [2.45, 2.75) is 35.2 Å². The Bertz CT molecular complexity index is 514. The molecule has 0 bridgehead atoms. The molecule has 2 heterocycles. The summed E-state index contributed by atoms with van der Waals surface area (Å²) in [6, 6.07) is 1.72. The van der Waals surface area contributed by atoms with Crippen LogP contribution in [-0.2, 0) is 15.9 Å². The number of rotatable bonds is 3. The topological polar surface area (TPSA) is 37.4 Å². The van der Waals surface area contributed by atoms with E-state index in [1.165, 1.54) is 11.3 Å². The van der Waals surface area contributed by atoms with Gasteiger partial charge in [0.2, 0.25) is 0 Å². The molecule has 102 valence electrons. The smallest absolute Gasteiger partial charge is 0.206 e. The van der Waals surface area contributed by atoms with Crippen LogP contribution in [0.3, 0.4) is 0 Å². The molecule has 7 heteroatoms. The second-order valence-corrected chi connectivity index (χ2v) is 9.12. The fourth-order valence-corrected chi connectivity index (χ4v) is 6.50. The van der Waals surface area contributed by atoms with Crippen molar-refractivity contribution in [1.82, 2.24) is 4.31 Å². The zero-order chi connectivity index (χ0) is 13.3. The van der Waals surface area contributed by atoms with E-state index < -0.39 is 10.0 Å². The molecule has 1 aromatic heterocycles. The summed E-state index contributed by atoms with van der Waals surface area (Å²) in [5.41, 5.74) is 0.868. The van der Waals surface area contributed by atoms with E-state index in [0.717, 1.165) is 11.3 Å². The van der Waals surface area contributed by atoms with E-state index in [-0.39, 0.29) is 6.04 Å². The van der Waals surface area contributed by atoms with Crippen molar-refractivity contribution in [3.63, 3.8) is 0 Å². The molecule has 2 unspecified atom stereocenters. The van der Waals surface area contributed by atoms with E-state index in [1.807, 2.05) is 24.1 Å². The summed E-state index contributed by atoms with van der Waals surface area (Å²) >= 11 is 8.81. The molecule has 0 amide bonds. The first kappa shape index (κ1) is 14.7. The van der Waals surface area contributed by atoms with Crippen LogP contribution < -0.4 is 0 Å². The first-order valence-electron chi connectivity index (χ1n) is 5.73. The van der Waals surface area contributed by atoms with Gasteiger partial charge in [-0.2, -0.15) is 16.1 Å². The molecule has 18 heavy (non-hydrogen) atoms. The number of alkyl halides is 1.